The number of hydrogen-bond donors (Lipinski definition) is 1. The van der Waals surface area contributed by atoms with Gasteiger partial charge < -0.3 is 19.5 Å². The molecule has 1 unspecified atom stereocenters. The minimum atomic E-state index is -0.710. The van der Waals surface area contributed by atoms with E-state index in [2.05, 4.69) is 29.8 Å². The van der Waals surface area contributed by atoms with E-state index in [4.69, 9.17) is 9.47 Å². The third-order valence-corrected chi connectivity index (χ3v) is 5.50. The summed E-state index contributed by atoms with van der Waals surface area (Å²) in [4.78, 5) is 27.1. The summed E-state index contributed by atoms with van der Waals surface area (Å²) in [6, 6.07) is 13.5. The van der Waals surface area contributed by atoms with E-state index in [0.717, 1.165) is 4.47 Å². The van der Waals surface area contributed by atoms with E-state index in [1.54, 1.807) is 24.3 Å². The van der Waals surface area contributed by atoms with Crippen molar-refractivity contribution in [3.8, 4) is 5.75 Å². The zero-order chi connectivity index (χ0) is 22.5. The molecule has 1 aliphatic heterocycles. The Morgan fingerprint density at radius 3 is 2.32 bits per heavy atom. The highest BCUT2D eigenvalue weighted by Gasteiger charge is 2.45. The van der Waals surface area contributed by atoms with Crippen molar-refractivity contribution < 1.29 is 24.2 Å². The second-order valence-corrected chi connectivity index (χ2v) is 8.68. The molecule has 2 aromatic rings. The lowest BCUT2D eigenvalue weighted by molar-refractivity contribution is -0.140. The largest absolute Gasteiger partial charge is 0.507 e. The summed E-state index contributed by atoms with van der Waals surface area (Å²) in [6.45, 7) is 5.24. The van der Waals surface area contributed by atoms with Crippen LogP contribution in [-0.2, 0) is 14.3 Å². The summed E-state index contributed by atoms with van der Waals surface area (Å²) >= 11 is 3.36. The Balaban J connectivity index is 2.03. The molecule has 0 spiro atoms. The monoisotopic (exact) mass is 487 g/mol. The molecule has 164 valence electrons. The Bertz CT molecular complexity index is 966. The first-order valence-corrected chi connectivity index (χ1v) is 10.9. The molecule has 1 heterocycles. The molecule has 31 heavy (non-hydrogen) atoms. The van der Waals surface area contributed by atoms with Crippen molar-refractivity contribution in [3.05, 3.63) is 69.7 Å². The van der Waals surface area contributed by atoms with E-state index in [1.165, 1.54) is 12.0 Å². The number of likely N-dealkylation sites (tertiary alicyclic amines) is 1. The summed E-state index contributed by atoms with van der Waals surface area (Å²) < 4.78 is 11.7. The van der Waals surface area contributed by atoms with Crippen LogP contribution in [0.15, 0.2) is 58.6 Å². The van der Waals surface area contributed by atoms with Gasteiger partial charge in [-0.2, -0.15) is 0 Å². The maximum Gasteiger partial charge on any atom is 0.295 e. The first-order valence-electron chi connectivity index (χ1n) is 10.1. The van der Waals surface area contributed by atoms with E-state index < -0.39 is 17.7 Å². The first-order chi connectivity index (χ1) is 14.8. The SMILES string of the molecule is COCCN1C(=O)C(=O)/C(=C(\O)c2ccc(Br)cc2)C1c1ccc(OCC(C)C)cc1. The highest BCUT2D eigenvalue weighted by molar-refractivity contribution is 9.10. The number of carbonyl (C=O) groups is 2. The fourth-order valence-electron chi connectivity index (χ4n) is 3.42. The third-order valence-electron chi connectivity index (χ3n) is 4.97. The number of carbonyl (C=O) groups excluding carboxylic acids is 2. The van der Waals surface area contributed by atoms with Crippen molar-refractivity contribution in [1.82, 2.24) is 4.90 Å². The minimum absolute atomic E-state index is 0.0688. The van der Waals surface area contributed by atoms with Crippen LogP contribution in [0, 0.1) is 5.92 Å². The molecule has 1 amide bonds. The van der Waals surface area contributed by atoms with Crippen molar-refractivity contribution in [2.45, 2.75) is 19.9 Å². The number of aliphatic hydroxyl groups is 1. The molecule has 7 heteroatoms. The van der Waals surface area contributed by atoms with Crippen LogP contribution in [0.3, 0.4) is 0 Å². The number of amides is 1. The maximum absolute atomic E-state index is 12.9. The molecule has 0 saturated carbocycles. The van der Waals surface area contributed by atoms with Gasteiger partial charge in [-0.1, -0.05) is 54.0 Å². The summed E-state index contributed by atoms with van der Waals surface area (Å²) in [5.74, 6) is -0.454. The van der Waals surface area contributed by atoms with Crippen molar-refractivity contribution in [2.75, 3.05) is 26.9 Å². The summed E-state index contributed by atoms with van der Waals surface area (Å²) in [6.07, 6.45) is 0. The quantitative estimate of drug-likeness (QED) is 0.335. The molecule has 0 aromatic heterocycles. The number of ether oxygens (including phenoxy) is 2. The molecule has 1 atom stereocenters. The van der Waals surface area contributed by atoms with Crippen LogP contribution in [0.5, 0.6) is 5.75 Å². The zero-order valence-electron chi connectivity index (χ0n) is 17.8. The van der Waals surface area contributed by atoms with Gasteiger partial charge in [0, 0.05) is 23.7 Å². The summed E-state index contributed by atoms with van der Waals surface area (Å²) in [5, 5.41) is 11.0. The van der Waals surface area contributed by atoms with Gasteiger partial charge in [0.2, 0.25) is 0 Å². The van der Waals surface area contributed by atoms with Crippen molar-refractivity contribution in [2.24, 2.45) is 5.92 Å². The van der Waals surface area contributed by atoms with Crippen molar-refractivity contribution in [1.29, 1.82) is 0 Å². The van der Waals surface area contributed by atoms with Gasteiger partial charge in [-0.25, -0.2) is 0 Å². The number of rotatable bonds is 8. The van der Waals surface area contributed by atoms with Crippen LogP contribution in [0.1, 0.15) is 31.0 Å². The van der Waals surface area contributed by atoms with Gasteiger partial charge in [-0.05, 0) is 35.7 Å². The van der Waals surface area contributed by atoms with Crippen molar-refractivity contribution in [3.63, 3.8) is 0 Å². The maximum atomic E-state index is 12.9. The Hall–Kier alpha value is -2.64. The van der Waals surface area contributed by atoms with Gasteiger partial charge in [0.1, 0.15) is 11.5 Å². The molecule has 0 aliphatic carbocycles. The second-order valence-electron chi connectivity index (χ2n) is 7.77. The molecule has 0 radical (unpaired) electrons. The Morgan fingerprint density at radius 2 is 1.74 bits per heavy atom. The van der Waals surface area contributed by atoms with E-state index >= 15 is 0 Å². The van der Waals surface area contributed by atoms with Crippen LogP contribution in [0.4, 0.5) is 0 Å². The van der Waals surface area contributed by atoms with Gasteiger partial charge in [-0.15, -0.1) is 0 Å². The normalized spacial score (nSPS) is 18.1. The number of benzene rings is 2. The Morgan fingerprint density at radius 1 is 1.10 bits per heavy atom. The lowest BCUT2D eigenvalue weighted by Gasteiger charge is -2.25. The molecule has 2 aromatic carbocycles. The van der Waals surface area contributed by atoms with E-state index in [-0.39, 0.29) is 24.5 Å². The Labute approximate surface area is 190 Å². The number of Topliss-reactive ketones (excluding diaryl/α,β-unsaturated/α-hetero) is 1. The topological polar surface area (TPSA) is 76.1 Å². The lowest BCUT2D eigenvalue weighted by atomic mass is 9.95. The molecule has 0 bridgehead atoms. The highest BCUT2D eigenvalue weighted by atomic mass is 79.9. The van der Waals surface area contributed by atoms with E-state index in [1.807, 2.05) is 24.3 Å². The number of aliphatic hydroxyl groups excluding tert-OH is 1. The van der Waals surface area contributed by atoms with Crippen LogP contribution >= 0.6 is 15.9 Å². The van der Waals surface area contributed by atoms with Gasteiger partial charge in [0.05, 0.1) is 24.8 Å². The number of methoxy groups -OCH3 is 1. The number of halogens is 1. The molecule has 1 aliphatic rings. The molecule has 6 nitrogen and oxygen atoms in total. The average molecular weight is 488 g/mol. The molecule has 3 rings (SSSR count). The predicted octanol–water partition coefficient (Wildman–Crippen LogP) is 4.55. The van der Waals surface area contributed by atoms with Gasteiger partial charge in [0.25, 0.3) is 11.7 Å². The van der Waals surface area contributed by atoms with Crippen LogP contribution in [-0.4, -0.2) is 48.6 Å². The number of nitrogens with zero attached hydrogens (tertiary/aromatic N) is 1. The fraction of sp³-hybridized carbons (Fsp3) is 0.333. The van der Waals surface area contributed by atoms with Gasteiger partial charge >= 0.3 is 0 Å². The van der Waals surface area contributed by atoms with Crippen molar-refractivity contribution >= 4 is 33.4 Å². The van der Waals surface area contributed by atoms with Gasteiger partial charge in [-0.3, -0.25) is 9.59 Å². The predicted molar refractivity (Wildman–Crippen MR) is 122 cm³/mol. The highest BCUT2D eigenvalue weighted by Crippen LogP contribution is 2.39. The van der Waals surface area contributed by atoms with Crippen LogP contribution in [0.2, 0.25) is 0 Å². The first kappa shape index (κ1) is 23.0. The number of ketones is 1. The minimum Gasteiger partial charge on any atom is -0.507 e. The molecule has 1 saturated heterocycles. The Kier molecular flexibility index (Phi) is 7.51. The molecule has 1 fully saturated rings. The van der Waals surface area contributed by atoms with Crippen LogP contribution in [0.25, 0.3) is 5.76 Å². The van der Waals surface area contributed by atoms with E-state index in [0.29, 0.717) is 29.4 Å². The summed E-state index contributed by atoms with van der Waals surface area (Å²) in [7, 11) is 1.54. The zero-order valence-corrected chi connectivity index (χ0v) is 19.4. The van der Waals surface area contributed by atoms with E-state index in [9.17, 15) is 14.7 Å². The summed E-state index contributed by atoms with van der Waals surface area (Å²) in [5.41, 5.74) is 1.25. The smallest absolute Gasteiger partial charge is 0.295 e. The van der Waals surface area contributed by atoms with Crippen LogP contribution < -0.4 is 4.74 Å². The fourth-order valence-corrected chi connectivity index (χ4v) is 3.68. The van der Waals surface area contributed by atoms with Gasteiger partial charge in [0.15, 0.2) is 0 Å². The lowest BCUT2D eigenvalue weighted by Crippen LogP contribution is -2.32. The average Bonchev–Trinajstić information content (AvgIpc) is 3.01. The standard InChI is InChI=1S/C24H26BrNO5/c1-15(2)14-31-19-10-6-16(7-11-19)21-20(22(27)17-4-8-18(25)9-5-17)23(28)24(29)26(21)12-13-30-3/h4-11,15,21,27H,12-14H2,1-3H3/b22-20-. The third kappa shape index (κ3) is 5.17. The molecule has 1 N–H and O–H groups in total. The molecular formula is C24H26BrNO5. The molecular weight excluding hydrogens is 462 g/mol. The number of hydrogen-bond acceptors (Lipinski definition) is 5. The second kappa shape index (κ2) is 10.1.